The van der Waals surface area contributed by atoms with Gasteiger partial charge in [-0.2, -0.15) is 0 Å². The highest BCUT2D eigenvalue weighted by Gasteiger charge is 2.42. The Morgan fingerprint density at radius 2 is 1.19 bits per heavy atom. The number of aryl methyl sites for hydroxylation is 5. The zero-order valence-electron chi connectivity index (χ0n) is 26.0. The first kappa shape index (κ1) is 30.4. The van der Waals surface area contributed by atoms with Crippen molar-refractivity contribution in [3.63, 3.8) is 0 Å². The number of aliphatic hydroxyl groups excluding tert-OH is 2. The number of benzene rings is 3. The predicted octanol–water partition coefficient (Wildman–Crippen LogP) is 4.84. The molecule has 6 nitrogen and oxygen atoms in total. The SMILES string of the molecule is Cc1cc(C2(c3cc(C)c(CC(O)COCC4CO4)c(C)c3)CCc3ccccc32)cc(C)c1CC(O)COCC1CO1. The van der Waals surface area contributed by atoms with Crippen LogP contribution in [0.5, 0.6) is 0 Å². The van der Waals surface area contributed by atoms with Gasteiger partial charge < -0.3 is 29.2 Å². The van der Waals surface area contributed by atoms with E-state index >= 15 is 0 Å². The molecule has 0 spiro atoms. The summed E-state index contributed by atoms with van der Waals surface area (Å²) in [7, 11) is 0. The predicted molar refractivity (Wildman–Crippen MR) is 167 cm³/mol. The third-order valence-corrected chi connectivity index (χ3v) is 9.54. The van der Waals surface area contributed by atoms with E-state index < -0.39 is 12.2 Å². The third-order valence-electron chi connectivity index (χ3n) is 9.54. The van der Waals surface area contributed by atoms with Crippen molar-refractivity contribution in [3.8, 4) is 0 Å². The maximum Gasteiger partial charge on any atom is 0.104 e. The number of ether oxygens (including phenoxy) is 4. The number of rotatable bonds is 14. The highest BCUT2D eigenvalue weighted by molar-refractivity contribution is 5.60. The highest BCUT2D eigenvalue weighted by Crippen LogP contribution is 2.50. The zero-order chi connectivity index (χ0) is 30.1. The fourth-order valence-electron chi connectivity index (χ4n) is 7.09. The van der Waals surface area contributed by atoms with Gasteiger partial charge in [-0.05, 0) is 96.2 Å². The Kier molecular flexibility index (Phi) is 9.06. The summed E-state index contributed by atoms with van der Waals surface area (Å²) < 4.78 is 21.8. The van der Waals surface area contributed by atoms with E-state index in [-0.39, 0.29) is 17.6 Å². The van der Waals surface area contributed by atoms with Crippen LogP contribution in [0.2, 0.25) is 0 Å². The molecule has 2 N–H and O–H groups in total. The number of hydrogen-bond acceptors (Lipinski definition) is 6. The van der Waals surface area contributed by atoms with Gasteiger partial charge in [0.05, 0.1) is 51.8 Å². The fraction of sp³-hybridized carbons (Fsp3) is 0.514. The highest BCUT2D eigenvalue weighted by atomic mass is 16.6. The first-order valence-corrected chi connectivity index (χ1v) is 15.8. The monoisotopic (exact) mass is 586 g/mol. The number of fused-ring (bicyclic) bond motifs is 1. The lowest BCUT2D eigenvalue weighted by Crippen LogP contribution is -2.28. The summed E-state index contributed by atoms with van der Waals surface area (Å²) in [6.45, 7) is 11.9. The molecule has 2 aliphatic heterocycles. The van der Waals surface area contributed by atoms with E-state index in [1.54, 1.807) is 0 Å². The minimum absolute atomic E-state index is 0.202. The van der Waals surface area contributed by atoms with Crippen LogP contribution >= 0.6 is 0 Å². The molecule has 43 heavy (non-hydrogen) atoms. The molecule has 6 rings (SSSR count). The van der Waals surface area contributed by atoms with Gasteiger partial charge in [-0.3, -0.25) is 0 Å². The first-order chi connectivity index (χ1) is 20.7. The smallest absolute Gasteiger partial charge is 0.104 e. The maximum atomic E-state index is 10.8. The second-order valence-corrected chi connectivity index (χ2v) is 12.9. The molecular weight excluding hydrogens is 540 g/mol. The van der Waals surface area contributed by atoms with Gasteiger partial charge in [-0.1, -0.05) is 48.5 Å². The van der Waals surface area contributed by atoms with Crippen LogP contribution in [0.3, 0.4) is 0 Å². The minimum atomic E-state index is -0.552. The van der Waals surface area contributed by atoms with Gasteiger partial charge in [0.15, 0.2) is 0 Å². The summed E-state index contributed by atoms with van der Waals surface area (Å²) in [5.74, 6) is 0. The normalized spacial score (nSPS) is 23.7. The molecule has 4 unspecified atom stereocenters. The largest absolute Gasteiger partial charge is 0.390 e. The molecule has 0 amide bonds. The Balaban J connectivity index is 1.30. The summed E-state index contributed by atoms with van der Waals surface area (Å²) >= 11 is 0. The summed E-state index contributed by atoms with van der Waals surface area (Å²) in [5, 5.41) is 21.5. The van der Waals surface area contributed by atoms with Gasteiger partial charge in [0.1, 0.15) is 12.2 Å². The van der Waals surface area contributed by atoms with E-state index in [2.05, 4.69) is 76.2 Å². The standard InChI is InChI=1S/C37H46O6/c1-23-11-28(12-24(2)34(23)15-30(38)17-40-19-32-21-42-32)37(10-9-27-7-5-6-8-36(27)37)29-13-25(3)35(26(4)14-29)16-31(39)18-41-20-33-22-43-33/h5-8,11-14,30-33,38-39H,9-10,15-22H2,1-4H3. The quantitative estimate of drug-likeness (QED) is 0.263. The van der Waals surface area contributed by atoms with Crippen LogP contribution < -0.4 is 0 Å². The Labute approximate surface area is 256 Å². The van der Waals surface area contributed by atoms with Crippen molar-refractivity contribution in [3.05, 3.63) is 104 Å². The molecule has 3 aliphatic rings. The molecule has 0 radical (unpaired) electrons. The second-order valence-electron chi connectivity index (χ2n) is 12.9. The van der Waals surface area contributed by atoms with E-state index in [9.17, 15) is 10.2 Å². The molecule has 230 valence electrons. The summed E-state index contributed by atoms with van der Waals surface area (Å²) in [6.07, 6.45) is 2.47. The molecule has 6 heteroatoms. The molecule has 0 bridgehead atoms. The minimum Gasteiger partial charge on any atom is -0.390 e. The van der Waals surface area contributed by atoms with Crippen molar-refractivity contribution in [2.45, 2.75) is 83.2 Å². The van der Waals surface area contributed by atoms with Gasteiger partial charge in [0.25, 0.3) is 0 Å². The van der Waals surface area contributed by atoms with Crippen LogP contribution in [0.15, 0.2) is 48.5 Å². The topological polar surface area (TPSA) is 84.0 Å². The van der Waals surface area contributed by atoms with Gasteiger partial charge in [-0.25, -0.2) is 0 Å². The molecule has 2 heterocycles. The first-order valence-electron chi connectivity index (χ1n) is 15.8. The van der Waals surface area contributed by atoms with Gasteiger partial charge in [0.2, 0.25) is 0 Å². The number of aliphatic hydroxyl groups is 2. The average Bonchev–Trinajstić information content (AvgIpc) is 3.91. The van der Waals surface area contributed by atoms with Crippen molar-refractivity contribution >= 4 is 0 Å². The van der Waals surface area contributed by atoms with Crippen molar-refractivity contribution in [2.24, 2.45) is 0 Å². The summed E-state index contributed by atoms with van der Waals surface area (Å²) in [4.78, 5) is 0. The van der Waals surface area contributed by atoms with E-state index in [1.165, 1.54) is 55.6 Å². The van der Waals surface area contributed by atoms with Crippen molar-refractivity contribution in [2.75, 3.05) is 39.6 Å². The van der Waals surface area contributed by atoms with Gasteiger partial charge >= 0.3 is 0 Å². The van der Waals surface area contributed by atoms with Gasteiger partial charge in [-0.15, -0.1) is 0 Å². The van der Waals surface area contributed by atoms with E-state index in [4.69, 9.17) is 18.9 Å². The van der Waals surface area contributed by atoms with Crippen molar-refractivity contribution in [1.82, 2.24) is 0 Å². The van der Waals surface area contributed by atoms with E-state index in [0.29, 0.717) is 39.3 Å². The van der Waals surface area contributed by atoms with Crippen molar-refractivity contribution < 1.29 is 29.2 Å². The number of epoxide rings is 2. The Morgan fingerprint density at radius 1 is 0.744 bits per heavy atom. The summed E-state index contributed by atoms with van der Waals surface area (Å²) in [6, 6.07) is 18.3. The average molecular weight is 587 g/mol. The molecule has 4 atom stereocenters. The Bertz CT molecular complexity index is 1310. The lowest BCUT2D eigenvalue weighted by molar-refractivity contribution is 0.0305. The molecule has 1 aliphatic carbocycles. The van der Waals surface area contributed by atoms with Crippen LogP contribution in [0.1, 0.15) is 62.1 Å². The molecule has 0 aromatic heterocycles. The zero-order valence-corrected chi connectivity index (χ0v) is 26.0. The second kappa shape index (κ2) is 12.8. The van der Waals surface area contributed by atoms with Crippen molar-refractivity contribution in [1.29, 1.82) is 0 Å². The lowest BCUT2D eigenvalue weighted by Gasteiger charge is -2.34. The molecule has 2 saturated heterocycles. The third kappa shape index (κ3) is 6.75. The molecule has 0 saturated carbocycles. The van der Waals surface area contributed by atoms with E-state index in [0.717, 1.165) is 26.1 Å². The molecular formula is C37H46O6. The van der Waals surface area contributed by atoms with Crippen LogP contribution in [-0.4, -0.2) is 74.3 Å². The fourth-order valence-corrected chi connectivity index (χ4v) is 7.09. The molecule has 3 aromatic carbocycles. The van der Waals surface area contributed by atoms with Crippen LogP contribution in [0.25, 0.3) is 0 Å². The summed E-state index contributed by atoms with van der Waals surface area (Å²) in [5.41, 5.74) is 12.3. The van der Waals surface area contributed by atoms with Crippen LogP contribution in [0.4, 0.5) is 0 Å². The van der Waals surface area contributed by atoms with E-state index in [1.807, 2.05) is 0 Å². The number of hydrogen-bond donors (Lipinski definition) is 2. The molecule has 2 fully saturated rings. The lowest BCUT2D eigenvalue weighted by atomic mass is 9.68. The van der Waals surface area contributed by atoms with Gasteiger partial charge in [0, 0.05) is 18.3 Å². The Morgan fingerprint density at radius 3 is 1.63 bits per heavy atom. The molecule has 3 aromatic rings. The van der Waals surface area contributed by atoms with Crippen LogP contribution in [0, 0.1) is 27.7 Å². The van der Waals surface area contributed by atoms with Crippen LogP contribution in [-0.2, 0) is 43.6 Å². The Hall–Kier alpha value is -2.58. The maximum absolute atomic E-state index is 10.8.